The van der Waals surface area contributed by atoms with Crippen LogP contribution in [0.4, 0.5) is 0 Å². The molecule has 1 atom stereocenters. The summed E-state index contributed by atoms with van der Waals surface area (Å²) in [6, 6.07) is 17.9. The minimum atomic E-state index is -0.303. The van der Waals surface area contributed by atoms with Gasteiger partial charge in [0.25, 0.3) is 0 Å². The first kappa shape index (κ1) is 32.0. The maximum Gasteiger partial charge on any atom is 0.333 e. The summed E-state index contributed by atoms with van der Waals surface area (Å²) in [7, 11) is 0. The molecule has 0 aliphatic heterocycles. The summed E-state index contributed by atoms with van der Waals surface area (Å²) >= 11 is 1.54. The van der Waals surface area contributed by atoms with Crippen molar-refractivity contribution in [2.45, 2.75) is 71.9 Å². The molecular formula is C34H42N2O4S. The SMILES string of the molecule is CCOC(=O)/C(C)=C/C(C)=C\c1csc(C(N)Cc2ccc(OCc3ccccc3)cc2)n1.O=CC1CCCCC1. The first-order valence-electron chi connectivity index (χ1n) is 14.3. The van der Waals surface area contributed by atoms with E-state index in [-0.39, 0.29) is 12.0 Å². The molecule has 0 amide bonds. The molecule has 2 aromatic carbocycles. The zero-order chi connectivity index (χ0) is 29.5. The van der Waals surface area contributed by atoms with Gasteiger partial charge in [-0.25, -0.2) is 9.78 Å². The van der Waals surface area contributed by atoms with Gasteiger partial charge in [-0.3, -0.25) is 0 Å². The predicted octanol–water partition coefficient (Wildman–Crippen LogP) is 7.64. The molecular weight excluding hydrogens is 532 g/mol. The molecule has 1 aliphatic carbocycles. The van der Waals surface area contributed by atoms with E-state index in [0.29, 0.717) is 31.1 Å². The lowest BCUT2D eigenvalue weighted by Gasteiger charge is -2.14. The van der Waals surface area contributed by atoms with Crippen LogP contribution < -0.4 is 10.5 Å². The quantitative estimate of drug-likeness (QED) is 0.109. The Labute approximate surface area is 248 Å². The average Bonchev–Trinajstić information content (AvgIpc) is 3.46. The van der Waals surface area contributed by atoms with E-state index in [9.17, 15) is 9.59 Å². The van der Waals surface area contributed by atoms with E-state index in [0.717, 1.165) is 52.3 Å². The molecule has 41 heavy (non-hydrogen) atoms. The smallest absolute Gasteiger partial charge is 0.333 e. The molecule has 0 bridgehead atoms. The average molecular weight is 575 g/mol. The largest absolute Gasteiger partial charge is 0.489 e. The van der Waals surface area contributed by atoms with E-state index in [2.05, 4.69) is 4.98 Å². The van der Waals surface area contributed by atoms with Crippen molar-refractivity contribution in [1.82, 2.24) is 4.98 Å². The van der Waals surface area contributed by atoms with Gasteiger partial charge >= 0.3 is 5.97 Å². The summed E-state index contributed by atoms with van der Waals surface area (Å²) in [6.45, 7) is 6.38. The number of aldehydes is 1. The minimum absolute atomic E-state index is 0.189. The van der Waals surface area contributed by atoms with E-state index < -0.39 is 0 Å². The Morgan fingerprint density at radius 1 is 1.05 bits per heavy atom. The molecule has 1 aromatic heterocycles. The molecule has 0 saturated heterocycles. The van der Waals surface area contributed by atoms with Gasteiger partial charge in [0.05, 0.1) is 18.3 Å². The van der Waals surface area contributed by atoms with Crippen molar-refractivity contribution < 1.29 is 19.1 Å². The molecule has 1 unspecified atom stereocenters. The lowest BCUT2D eigenvalue weighted by atomic mass is 9.91. The van der Waals surface area contributed by atoms with Gasteiger partial charge in [-0.1, -0.05) is 61.7 Å². The molecule has 1 heterocycles. The summed E-state index contributed by atoms with van der Waals surface area (Å²) in [5.41, 5.74) is 11.0. The fourth-order valence-electron chi connectivity index (χ4n) is 4.53. The number of benzene rings is 2. The summed E-state index contributed by atoms with van der Waals surface area (Å²) in [6.07, 6.45) is 11.7. The second-order valence-corrected chi connectivity index (χ2v) is 11.2. The van der Waals surface area contributed by atoms with E-state index in [1.54, 1.807) is 31.3 Å². The summed E-state index contributed by atoms with van der Waals surface area (Å²) in [5.74, 6) is 0.936. The van der Waals surface area contributed by atoms with Crippen LogP contribution in [0.2, 0.25) is 0 Å². The van der Waals surface area contributed by atoms with E-state index in [1.807, 2.05) is 73.0 Å². The van der Waals surface area contributed by atoms with Crippen molar-refractivity contribution >= 4 is 29.7 Å². The molecule has 7 heteroatoms. The van der Waals surface area contributed by atoms with E-state index in [1.165, 1.54) is 19.3 Å². The Kier molecular flexibility index (Phi) is 13.5. The zero-order valence-corrected chi connectivity index (χ0v) is 25.2. The van der Waals surface area contributed by atoms with Crippen LogP contribution in [0.15, 0.2) is 77.2 Å². The van der Waals surface area contributed by atoms with Crippen molar-refractivity contribution in [2.24, 2.45) is 11.7 Å². The maximum absolute atomic E-state index is 11.8. The van der Waals surface area contributed by atoms with Crippen LogP contribution in [0.5, 0.6) is 5.75 Å². The number of allylic oxidation sites excluding steroid dienone is 2. The molecule has 2 N–H and O–H groups in total. The Morgan fingerprint density at radius 2 is 1.76 bits per heavy atom. The zero-order valence-electron chi connectivity index (χ0n) is 24.4. The highest BCUT2D eigenvalue weighted by Gasteiger charge is 2.12. The normalized spacial score (nSPS) is 14.9. The molecule has 3 aromatic rings. The maximum atomic E-state index is 11.8. The number of nitrogens with two attached hydrogens (primary N) is 1. The van der Waals surface area contributed by atoms with Crippen LogP contribution in [0.25, 0.3) is 6.08 Å². The number of carbonyl (C=O) groups is 2. The van der Waals surface area contributed by atoms with Crippen molar-refractivity contribution in [2.75, 3.05) is 6.61 Å². The summed E-state index contributed by atoms with van der Waals surface area (Å²) < 4.78 is 10.9. The third-order valence-electron chi connectivity index (χ3n) is 6.74. The second-order valence-electron chi connectivity index (χ2n) is 10.3. The molecule has 1 aliphatic rings. The molecule has 4 rings (SSSR count). The fourth-order valence-corrected chi connectivity index (χ4v) is 5.31. The van der Waals surface area contributed by atoms with E-state index in [4.69, 9.17) is 15.2 Å². The molecule has 1 saturated carbocycles. The van der Waals surface area contributed by atoms with Crippen LogP contribution in [-0.2, 0) is 27.4 Å². The molecule has 218 valence electrons. The van der Waals surface area contributed by atoms with E-state index >= 15 is 0 Å². The number of ether oxygens (including phenoxy) is 2. The lowest BCUT2D eigenvalue weighted by molar-refractivity contribution is -0.138. The first-order valence-corrected chi connectivity index (χ1v) is 15.2. The fraction of sp³-hybridized carbons (Fsp3) is 0.382. The lowest BCUT2D eigenvalue weighted by Crippen LogP contribution is -2.13. The van der Waals surface area contributed by atoms with Gasteiger partial charge in [0.15, 0.2) is 0 Å². The summed E-state index contributed by atoms with van der Waals surface area (Å²) in [4.78, 5) is 26.6. The Bertz CT molecular complexity index is 1280. The van der Waals surface area contributed by atoms with Gasteiger partial charge in [0.1, 0.15) is 23.7 Å². The minimum Gasteiger partial charge on any atom is -0.489 e. The number of hydrogen-bond donors (Lipinski definition) is 1. The number of thiazole rings is 1. The number of rotatable bonds is 11. The standard InChI is InChI=1S/C27H30N2O3S.C7H12O/c1-4-31-27(30)20(3)14-19(2)15-23-18-33-26(29-23)25(28)16-21-10-12-24(13-11-21)32-17-22-8-6-5-7-9-22;8-6-7-4-2-1-3-5-7/h5-15,18,25H,4,16-17,28H2,1-3H3;6-7H,1-5H2/b19-15-,20-14+;. The molecule has 1 fully saturated rings. The van der Waals surface area contributed by atoms with Gasteiger partial charge in [-0.05, 0) is 81.0 Å². The third kappa shape index (κ3) is 11.5. The van der Waals surface area contributed by atoms with Gasteiger partial charge in [-0.15, -0.1) is 11.3 Å². The molecule has 0 radical (unpaired) electrons. The van der Waals surface area contributed by atoms with Crippen LogP contribution in [-0.4, -0.2) is 23.8 Å². The van der Waals surface area contributed by atoms with Crippen molar-refractivity contribution in [3.8, 4) is 5.75 Å². The van der Waals surface area contributed by atoms with Crippen LogP contribution >= 0.6 is 11.3 Å². The Hall–Kier alpha value is -3.55. The number of carbonyl (C=O) groups excluding carboxylic acids is 2. The number of nitrogens with zero attached hydrogens (tertiary/aromatic N) is 1. The second kappa shape index (κ2) is 17.3. The number of aromatic nitrogens is 1. The molecule has 0 spiro atoms. The number of hydrogen-bond acceptors (Lipinski definition) is 7. The van der Waals surface area contributed by atoms with Crippen molar-refractivity contribution in [1.29, 1.82) is 0 Å². The topological polar surface area (TPSA) is 91.5 Å². The van der Waals surface area contributed by atoms with Gasteiger partial charge in [0, 0.05) is 16.9 Å². The predicted molar refractivity (Wildman–Crippen MR) is 167 cm³/mol. The van der Waals surface area contributed by atoms with Crippen LogP contribution in [0.3, 0.4) is 0 Å². The highest BCUT2D eigenvalue weighted by atomic mass is 32.1. The van der Waals surface area contributed by atoms with Crippen molar-refractivity contribution in [3.05, 3.63) is 99.0 Å². The van der Waals surface area contributed by atoms with Gasteiger partial charge in [0.2, 0.25) is 0 Å². The monoisotopic (exact) mass is 574 g/mol. The van der Waals surface area contributed by atoms with Gasteiger partial charge in [-0.2, -0.15) is 0 Å². The van der Waals surface area contributed by atoms with Gasteiger partial charge < -0.3 is 20.0 Å². The van der Waals surface area contributed by atoms with Crippen LogP contribution in [0, 0.1) is 5.92 Å². The van der Waals surface area contributed by atoms with Crippen LogP contribution in [0.1, 0.15) is 80.7 Å². The highest BCUT2D eigenvalue weighted by Crippen LogP contribution is 2.24. The summed E-state index contributed by atoms with van der Waals surface area (Å²) in [5, 5.41) is 2.86. The third-order valence-corrected chi connectivity index (χ3v) is 7.74. The highest BCUT2D eigenvalue weighted by molar-refractivity contribution is 7.09. The Balaban J connectivity index is 0.000000496. The van der Waals surface area contributed by atoms with Crippen molar-refractivity contribution in [3.63, 3.8) is 0 Å². The number of esters is 1. The first-order chi connectivity index (χ1) is 19.9. The Morgan fingerprint density at radius 3 is 2.39 bits per heavy atom. The molecule has 6 nitrogen and oxygen atoms in total.